The lowest BCUT2D eigenvalue weighted by atomic mass is 10.1. The average Bonchev–Trinajstić information content (AvgIpc) is 2.52. The van der Waals surface area contributed by atoms with Gasteiger partial charge in [-0.05, 0) is 29.7 Å². The molecule has 0 unspecified atom stereocenters. The highest BCUT2D eigenvalue weighted by Crippen LogP contribution is 2.23. The maximum atomic E-state index is 5.32. The molecule has 1 heterocycles. The standard InChI is InChI=1S/C18H17BrNO/c1-13-17-6-4-3-5-14(17)9-10-20(13)12-15-11-16(21-2)7-8-18(15)19/h3-11H,12H2,1-2H3/q+1. The monoisotopic (exact) mass is 342 g/mol. The number of halogens is 1. The SMILES string of the molecule is COc1ccc(Br)c(C[n+]2ccc3ccccc3c2C)c1. The highest BCUT2D eigenvalue weighted by Gasteiger charge is 2.13. The number of nitrogens with zero attached hydrogens (tertiary/aromatic N) is 1. The lowest BCUT2D eigenvalue weighted by molar-refractivity contribution is -0.693. The summed E-state index contributed by atoms with van der Waals surface area (Å²) in [6.07, 6.45) is 2.14. The van der Waals surface area contributed by atoms with Gasteiger partial charge in [-0.25, -0.2) is 0 Å². The molecule has 0 radical (unpaired) electrons. The van der Waals surface area contributed by atoms with Crippen LogP contribution in [0.15, 0.2) is 59.2 Å². The van der Waals surface area contributed by atoms with E-state index in [9.17, 15) is 0 Å². The fraction of sp³-hybridized carbons (Fsp3) is 0.167. The van der Waals surface area contributed by atoms with Crippen LogP contribution in [0.4, 0.5) is 0 Å². The summed E-state index contributed by atoms with van der Waals surface area (Å²) in [5.41, 5.74) is 2.47. The minimum atomic E-state index is 0.814. The normalized spacial score (nSPS) is 10.8. The highest BCUT2D eigenvalue weighted by atomic mass is 79.9. The third-order valence-electron chi connectivity index (χ3n) is 3.81. The smallest absolute Gasteiger partial charge is 0.186 e. The Bertz CT molecular complexity index is 798. The number of pyridine rings is 1. The summed E-state index contributed by atoms with van der Waals surface area (Å²) in [6, 6.07) is 16.7. The van der Waals surface area contributed by atoms with E-state index in [0.29, 0.717) is 0 Å². The molecule has 0 bridgehead atoms. The second-order valence-corrected chi connectivity index (χ2v) is 5.93. The third-order valence-corrected chi connectivity index (χ3v) is 4.58. The van der Waals surface area contributed by atoms with Crippen LogP contribution in [-0.4, -0.2) is 7.11 Å². The van der Waals surface area contributed by atoms with Gasteiger partial charge in [0.25, 0.3) is 0 Å². The van der Waals surface area contributed by atoms with Crippen LogP contribution in [0.5, 0.6) is 5.75 Å². The maximum Gasteiger partial charge on any atom is 0.186 e. The molecule has 0 aliphatic heterocycles. The number of methoxy groups -OCH3 is 1. The number of aromatic nitrogens is 1. The number of aryl methyl sites for hydroxylation is 1. The predicted molar refractivity (Wildman–Crippen MR) is 88.7 cm³/mol. The minimum absolute atomic E-state index is 0.814. The van der Waals surface area contributed by atoms with Crippen molar-refractivity contribution in [1.82, 2.24) is 0 Å². The zero-order valence-corrected chi connectivity index (χ0v) is 13.7. The van der Waals surface area contributed by atoms with E-state index in [4.69, 9.17) is 4.74 Å². The van der Waals surface area contributed by atoms with Crippen LogP contribution in [0.25, 0.3) is 10.8 Å². The number of ether oxygens (including phenoxy) is 1. The Morgan fingerprint density at radius 3 is 2.71 bits per heavy atom. The van der Waals surface area contributed by atoms with E-state index < -0.39 is 0 Å². The average molecular weight is 343 g/mol. The first-order chi connectivity index (χ1) is 10.2. The molecule has 3 aromatic rings. The molecule has 0 aliphatic rings. The Balaban J connectivity index is 2.04. The molecular formula is C18H17BrNO+. The number of hydrogen-bond donors (Lipinski definition) is 0. The molecule has 3 rings (SSSR count). The molecule has 1 aromatic heterocycles. The summed E-state index contributed by atoms with van der Waals surface area (Å²) >= 11 is 3.62. The zero-order chi connectivity index (χ0) is 14.8. The van der Waals surface area contributed by atoms with Gasteiger partial charge < -0.3 is 4.74 Å². The summed E-state index contributed by atoms with van der Waals surface area (Å²) in [4.78, 5) is 0. The third kappa shape index (κ3) is 2.79. The number of rotatable bonds is 3. The summed E-state index contributed by atoms with van der Waals surface area (Å²) in [5, 5.41) is 2.56. The van der Waals surface area contributed by atoms with Crippen molar-refractivity contribution in [2.75, 3.05) is 7.11 Å². The van der Waals surface area contributed by atoms with E-state index in [1.165, 1.54) is 22.0 Å². The van der Waals surface area contributed by atoms with Crippen molar-refractivity contribution >= 4 is 26.7 Å². The van der Waals surface area contributed by atoms with E-state index in [-0.39, 0.29) is 0 Å². The van der Waals surface area contributed by atoms with Crippen LogP contribution in [-0.2, 0) is 6.54 Å². The first-order valence-electron chi connectivity index (χ1n) is 6.89. The summed E-state index contributed by atoms with van der Waals surface area (Å²) in [5.74, 6) is 0.882. The molecular weight excluding hydrogens is 326 g/mol. The lowest BCUT2D eigenvalue weighted by Crippen LogP contribution is -2.37. The maximum absolute atomic E-state index is 5.32. The molecule has 106 valence electrons. The Kier molecular flexibility index (Phi) is 3.93. The van der Waals surface area contributed by atoms with E-state index in [0.717, 1.165) is 16.8 Å². The highest BCUT2D eigenvalue weighted by molar-refractivity contribution is 9.10. The molecule has 0 saturated carbocycles. The van der Waals surface area contributed by atoms with Crippen molar-refractivity contribution in [2.24, 2.45) is 0 Å². The first-order valence-corrected chi connectivity index (χ1v) is 7.68. The van der Waals surface area contributed by atoms with Gasteiger partial charge in [0, 0.05) is 28.4 Å². The van der Waals surface area contributed by atoms with Gasteiger partial charge in [-0.15, -0.1) is 0 Å². The van der Waals surface area contributed by atoms with Crippen LogP contribution < -0.4 is 9.30 Å². The van der Waals surface area contributed by atoms with Crippen molar-refractivity contribution in [2.45, 2.75) is 13.5 Å². The summed E-state index contributed by atoms with van der Waals surface area (Å²) < 4.78 is 8.68. The van der Waals surface area contributed by atoms with Gasteiger partial charge in [0.05, 0.1) is 7.11 Å². The van der Waals surface area contributed by atoms with E-state index in [1.54, 1.807) is 7.11 Å². The summed E-state index contributed by atoms with van der Waals surface area (Å²) in [7, 11) is 1.70. The molecule has 21 heavy (non-hydrogen) atoms. The number of fused-ring (bicyclic) bond motifs is 1. The molecule has 3 heteroatoms. The molecule has 0 saturated heterocycles. The lowest BCUT2D eigenvalue weighted by Gasteiger charge is -2.07. The molecule has 0 atom stereocenters. The Morgan fingerprint density at radius 2 is 1.90 bits per heavy atom. The second kappa shape index (κ2) is 5.86. The van der Waals surface area contributed by atoms with Crippen molar-refractivity contribution in [3.05, 3.63) is 70.5 Å². The van der Waals surface area contributed by atoms with Gasteiger partial charge in [0.1, 0.15) is 5.75 Å². The van der Waals surface area contributed by atoms with Crippen LogP contribution in [0, 0.1) is 6.92 Å². The number of hydrogen-bond acceptors (Lipinski definition) is 1. The predicted octanol–water partition coefficient (Wildman–Crippen LogP) is 4.26. The minimum Gasteiger partial charge on any atom is -0.497 e. The van der Waals surface area contributed by atoms with Gasteiger partial charge in [-0.2, -0.15) is 4.57 Å². The molecule has 0 N–H and O–H groups in total. The molecule has 0 amide bonds. The van der Waals surface area contributed by atoms with Gasteiger partial charge in [-0.1, -0.05) is 34.1 Å². The first kappa shape index (κ1) is 14.1. The van der Waals surface area contributed by atoms with Crippen LogP contribution in [0.2, 0.25) is 0 Å². The van der Waals surface area contributed by atoms with Gasteiger partial charge in [0.15, 0.2) is 18.4 Å². The Labute approximate surface area is 133 Å². The fourth-order valence-electron chi connectivity index (χ4n) is 2.56. The van der Waals surface area contributed by atoms with Crippen molar-refractivity contribution in [3.8, 4) is 5.75 Å². The van der Waals surface area contributed by atoms with Gasteiger partial charge >= 0.3 is 0 Å². The van der Waals surface area contributed by atoms with Gasteiger partial charge in [-0.3, -0.25) is 0 Å². The molecule has 2 aromatic carbocycles. The topological polar surface area (TPSA) is 13.1 Å². The number of benzene rings is 2. The van der Waals surface area contributed by atoms with Crippen LogP contribution in [0.3, 0.4) is 0 Å². The van der Waals surface area contributed by atoms with Crippen LogP contribution >= 0.6 is 15.9 Å². The quantitative estimate of drug-likeness (QED) is 0.648. The van der Waals surface area contributed by atoms with Crippen molar-refractivity contribution in [3.63, 3.8) is 0 Å². The van der Waals surface area contributed by atoms with Crippen LogP contribution in [0.1, 0.15) is 11.3 Å². The van der Waals surface area contributed by atoms with E-state index >= 15 is 0 Å². The molecule has 0 fully saturated rings. The van der Waals surface area contributed by atoms with Crippen molar-refractivity contribution in [1.29, 1.82) is 0 Å². The Morgan fingerprint density at radius 1 is 1.10 bits per heavy atom. The van der Waals surface area contributed by atoms with Crippen molar-refractivity contribution < 1.29 is 9.30 Å². The van der Waals surface area contributed by atoms with Gasteiger partial charge in [0.2, 0.25) is 0 Å². The largest absolute Gasteiger partial charge is 0.497 e. The second-order valence-electron chi connectivity index (χ2n) is 5.07. The fourth-order valence-corrected chi connectivity index (χ4v) is 2.93. The molecule has 0 aliphatic carbocycles. The Hall–Kier alpha value is -1.87. The summed E-state index contributed by atoms with van der Waals surface area (Å²) in [6.45, 7) is 2.98. The zero-order valence-electron chi connectivity index (χ0n) is 12.1. The molecule has 0 spiro atoms. The molecule has 2 nitrogen and oxygen atoms in total. The van der Waals surface area contributed by atoms with E-state index in [2.05, 4.69) is 70.0 Å². The van der Waals surface area contributed by atoms with E-state index in [1.807, 2.05) is 12.1 Å².